The van der Waals surface area contributed by atoms with E-state index in [9.17, 15) is 9.59 Å². The van der Waals surface area contributed by atoms with E-state index in [2.05, 4.69) is 10.9 Å². The highest BCUT2D eigenvalue weighted by atomic mass is 35.5. The molecule has 0 spiro atoms. The average Bonchev–Trinajstić information content (AvgIpc) is 2.55. The molecule has 2 rings (SSSR count). The lowest BCUT2D eigenvalue weighted by molar-refractivity contribution is -0.119. The summed E-state index contributed by atoms with van der Waals surface area (Å²) in [6.07, 6.45) is 0. The van der Waals surface area contributed by atoms with Crippen molar-refractivity contribution in [1.29, 1.82) is 0 Å². The van der Waals surface area contributed by atoms with Gasteiger partial charge in [-0.1, -0.05) is 47.5 Å². The first-order valence-corrected chi connectivity index (χ1v) is 8.56. The van der Waals surface area contributed by atoms with E-state index in [1.54, 1.807) is 12.1 Å². The number of carbonyl (C=O) groups is 2. The van der Waals surface area contributed by atoms with Crippen molar-refractivity contribution in [3.63, 3.8) is 0 Å². The van der Waals surface area contributed by atoms with Gasteiger partial charge in [-0.05, 0) is 30.7 Å². The molecule has 0 saturated heterocycles. The molecule has 0 unspecified atom stereocenters. The summed E-state index contributed by atoms with van der Waals surface area (Å²) in [4.78, 5) is 23.6. The molecule has 0 aromatic heterocycles. The van der Waals surface area contributed by atoms with Crippen molar-refractivity contribution in [3.05, 3.63) is 70.2 Å². The highest BCUT2D eigenvalue weighted by molar-refractivity contribution is 7.99. The van der Waals surface area contributed by atoms with Crippen molar-refractivity contribution in [3.8, 4) is 0 Å². The Hall–Kier alpha value is -1.98. The third-order valence-corrected chi connectivity index (χ3v) is 4.43. The van der Waals surface area contributed by atoms with Crippen LogP contribution in [0.1, 0.15) is 21.5 Å². The SMILES string of the molecule is Cc1ccc(C(=O)NNC(=O)CSCc2ccccc2Cl)cc1. The van der Waals surface area contributed by atoms with E-state index in [4.69, 9.17) is 11.6 Å². The van der Waals surface area contributed by atoms with Gasteiger partial charge in [-0.25, -0.2) is 0 Å². The van der Waals surface area contributed by atoms with Gasteiger partial charge in [-0.3, -0.25) is 20.4 Å². The molecule has 0 aliphatic rings. The van der Waals surface area contributed by atoms with Crippen LogP contribution < -0.4 is 10.9 Å². The quantitative estimate of drug-likeness (QED) is 0.815. The van der Waals surface area contributed by atoms with E-state index in [1.807, 2.05) is 43.3 Å². The van der Waals surface area contributed by atoms with Crippen molar-refractivity contribution in [1.82, 2.24) is 10.9 Å². The van der Waals surface area contributed by atoms with Crippen LogP contribution in [-0.4, -0.2) is 17.6 Å². The number of rotatable bonds is 5. The second-order valence-corrected chi connectivity index (χ2v) is 6.35. The van der Waals surface area contributed by atoms with Crippen molar-refractivity contribution in [2.75, 3.05) is 5.75 Å². The number of halogens is 1. The summed E-state index contributed by atoms with van der Waals surface area (Å²) < 4.78 is 0. The summed E-state index contributed by atoms with van der Waals surface area (Å²) in [7, 11) is 0. The van der Waals surface area contributed by atoms with Crippen LogP contribution in [0.3, 0.4) is 0 Å². The number of carbonyl (C=O) groups excluding carboxylic acids is 2. The fourth-order valence-electron chi connectivity index (χ4n) is 1.81. The van der Waals surface area contributed by atoms with Gasteiger partial charge in [0.05, 0.1) is 5.75 Å². The number of hydrogen-bond donors (Lipinski definition) is 2. The van der Waals surface area contributed by atoms with E-state index in [0.29, 0.717) is 16.3 Å². The minimum atomic E-state index is -0.338. The second-order valence-electron chi connectivity index (χ2n) is 4.95. The lowest BCUT2D eigenvalue weighted by atomic mass is 10.1. The number of hydrogen-bond acceptors (Lipinski definition) is 3. The lowest BCUT2D eigenvalue weighted by Gasteiger charge is -2.08. The molecular formula is C17H17ClN2O2S. The molecule has 0 radical (unpaired) electrons. The predicted molar refractivity (Wildman–Crippen MR) is 94.4 cm³/mol. The highest BCUT2D eigenvalue weighted by Crippen LogP contribution is 2.20. The molecule has 0 heterocycles. The largest absolute Gasteiger partial charge is 0.272 e. The molecule has 6 heteroatoms. The summed E-state index contributed by atoms with van der Waals surface area (Å²) >= 11 is 7.48. The summed E-state index contributed by atoms with van der Waals surface area (Å²) in [5.41, 5.74) is 7.36. The molecule has 4 nitrogen and oxygen atoms in total. The summed E-state index contributed by atoms with van der Waals surface area (Å²) in [6, 6.07) is 14.6. The lowest BCUT2D eigenvalue weighted by Crippen LogP contribution is -2.42. The molecule has 0 aliphatic carbocycles. The first-order valence-electron chi connectivity index (χ1n) is 7.03. The molecule has 2 N–H and O–H groups in total. The Morgan fingerprint density at radius 1 is 1.04 bits per heavy atom. The van der Waals surface area contributed by atoms with Crippen LogP contribution in [0.5, 0.6) is 0 Å². The van der Waals surface area contributed by atoms with Gasteiger partial charge in [0.2, 0.25) is 5.91 Å². The number of nitrogens with one attached hydrogen (secondary N) is 2. The zero-order chi connectivity index (χ0) is 16.7. The Morgan fingerprint density at radius 2 is 1.74 bits per heavy atom. The average molecular weight is 349 g/mol. The Bertz CT molecular complexity index is 689. The van der Waals surface area contributed by atoms with Gasteiger partial charge in [0.1, 0.15) is 0 Å². The van der Waals surface area contributed by atoms with Crippen LogP contribution in [0.4, 0.5) is 0 Å². The molecule has 2 aromatic carbocycles. The van der Waals surface area contributed by atoms with Crippen LogP contribution in [0.15, 0.2) is 48.5 Å². The van der Waals surface area contributed by atoms with E-state index in [1.165, 1.54) is 11.8 Å². The number of hydrazine groups is 1. The normalized spacial score (nSPS) is 10.2. The fourth-order valence-corrected chi connectivity index (χ4v) is 2.92. The van der Waals surface area contributed by atoms with Gasteiger partial charge in [-0.15, -0.1) is 11.8 Å². The molecule has 0 aliphatic heterocycles. The summed E-state index contributed by atoms with van der Waals surface area (Å²) in [5, 5.41) is 0.688. The van der Waals surface area contributed by atoms with Crippen molar-refractivity contribution < 1.29 is 9.59 Å². The number of benzene rings is 2. The standard InChI is InChI=1S/C17H17ClN2O2S/c1-12-6-8-13(9-7-12)17(22)20-19-16(21)11-23-10-14-4-2-3-5-15(14)18/h2-9H,10-11H2,1H3,(H,19,21)(H,20,22). The smallest absolute Gasteiger partial charge is 0.269 e. The van der Waals surface area contributed by atoms with Gasteiger partial charge >= 0.3 is 0 Å². The molecule has 2 amide bonds. The monoisotopic (exact) mass is 348 g/mol. The van der Waals surface area contributed by atoms with E-state index >= 15 is 0 Å². The minimum Gasteiger partial charge on any atom is -0.272 e. The Morgan fingerprint density at radius 3 is 2.43 bits per heavy atom. The third kappa shape index (κ3) is 5.62. The predicted octanol–water partition coefficient (Wildman–Crippen LogP) is 3.34. The van der Waals surface area contributed by atoms with Crippen LogP contribution in [0.25, 0.3) is 0 Å². The molecule has 0 bridgehead atoms. The zero-order valence-electron chi connectivity index (χ0n) is 12.6. The van der Waals surface area contributed by atoms with Crippen LogP contribution in [0, 0.1) is 6.92 Å². The Balaban J connectivity index is 1.72. The van der Waals surface area contributed by atoms with Gasteiger partial charge < -0.3 is 0 Å². The van der Waals surface area contributed by atoms with Gasteiger partial charge in [0, 0.05) is 16.3 Å². The van der Waals surface area contributed by atoms with Crippen LogP contribution >= 0.6 is 23.4 Å². The first-order chi connectivity index (χ1) is 11.1. The van der Waals surface area contributed by atoms with Gasteiger partial charge in [0.25, 0.3) is 5.91 Å². The maximum atomic E-state index is 11.9. The van der Waals surface area contributed by atoms with Crippen molar-refractivity contribution >= 4 is 35.2 Å². The summed E-state index contributed by atoms with van der Waals surface area (Å²) in [6.45, 7) is 1.94. The van der Waals surface area contributed by atoms with E-state index < -0.39 is 0 Å². The summed E-state index contributed by atoms with van der Waals surface area (Å²) in [5.74, 6) is 0.273. The van der Waals surface area contributed by atoms with Crippen LogP contribution in [0.2, 0.25) is 5.02 Å². The Labute approximate surface area is 144 Å². The van der Waals surface area contributed by atoms with Gasteiger partial charge in [-0.2, -0.15) is 0 Å². The third-order valence-electron chi connectivity index (χ3n) is 3.08. The van der Waals surface area contributed by atoms with Gasteiger partial charge in [0.15, 0.2) is 0 Å². The van der Waals surface area contributed by atoms with Crippen molar-refractivity contribution in [2.45, 2.75) is 12.7 Å². The molecule has 0 saturated carbocycles. The van der Waals surface area contributed by atoms with E-state index in [0.717, 1.165) is 11.1 Å². The van der Waals surface area contributed by atoms with Crippen molar-refractivity contribution in [2.24, 2.45) is 0 Å². The maximum Gasteiger partial charge on any atom is 0.269 e. The number of amides is 2. The molecule has 2 aromatic rings. The highest BCUT2D eigenvalue weighted by Gasteiger charge is 2.07. The topological polar surface area (TPSA) is 58.2 Å². The first kappa shape index (κ1) is 17.4. The fraction of sp³-hybridized carbons (Fsp3) is 0.176. The molecule has 120 valence electrons. The minimum absolute atomic E-state index is 0.236. The Kier molecular flexibility index (Phi) is 6.50. The molecule has 0 fully saturated rings. The molecule has 23 heavy (non-hydrogen) atoms. The number of thioether (sulfide) groups is 1. The molecule has 0 atom stereocenters. The van der Waals surface area contributed by atoms with E-state index in [-0.39, 0.29) is 17.6 Å². The maximum absolute atomic E-state index is 11.9. The van der Waals surface area contributed by atoms with Crippen LogP contribution in [-0.2, 0) is 10.5 Å². The zero-order valence-corrected chi connectivity index (χ0v) is 14.2. The molecular weight excluding hydrogens is 332 g/mol. The second kappa shape index (κ2) is 8.60. The number of aryl methyl sites for hydroxylation is 1.